The van der Waals surface area contributed by atoms with E-state index in [-0.39, 0.29) is 18.9 Å². The van der Waals surface area contributed by atoms with Crippen LogP contribution in [0.25, 0.3) is 5.52 Å². The Labute approximate surface area is 161 Å². The SMILES string of the molecule is O=C(COc1ccc(Cl)cc1)NCCS(=O)(=O)Nc1ccn2nccc2c1. The van der Waals surface area contributed by atoms with Crippen molar-refractivity contribution in [1.82, 2.24) is 14.9 Å². The molecule has 0 unspecified atom stereocenters. The Morgan fingerprint density at radius 1 is 1.19 bits per heavy atom. The number of anilines is 1. The Balaban J connectivity index is 1.44. The summed E-state index contributed by atoms with van der Waals surface area (Å²) in [7, 11) is -3.60. The van der Waals surface area contributed by atoms with Gasteiger partial charge in [0.1, 0.15) is 5.75 Å². The van der Waals surface area contributed by atoms with Gasteiger partial charge in [-0.1, -0.05) is 11.6 Å². The van der Waals surface area contributed by atoms with Gasteiger partial charge in [-0.15, -0.1) is 0 Å². The molecule has 8 nitrogen and oxygen atoms in total. The molecule has 0 atom stereocenters. The number of carbonyl (C=O) groups is 1. The number of carbonyl (C=O) groups excluding carboxylic acids is 1. The number of aromatic nitrogens is 2. The second-order valence-corrected chi connectivity index (χ2v) is 7.91. The maximum absolute atomic E-state index is 12.1. The molecule has 0 bridgehead atoms. The van der Waals surface area contributed by atoms with Crippen molar-refractivity contribution in [3.05, 3.63) is 59.9 Å². The molecule has 0 aliphatic rings. The number of ether oxygens (including phenoxy) is 1. The molecule has 0 aliphatic heterocycles. The number of pyridine rings is 1. The summed E-state index contributed by atoms with van der Waals surface area (Å²) in [6, 6.07) is 11.6. The Bertz CT molecular complexity index is 1030. The minimum atomic E-state index is -3.60. The molecule has 0 saturated carbocycles. The minimum absolute atomic E-state index is 0.0347. The van der Waals surface area contributed by atoms with E-state index in [0.29, 0.717) is 16.5 Å². The highest BCUT2D eigenvalue weighted by Gasteiger charge is 2.12. The first-order valence-electron chi connectivity index (χ1n) is 8.00. The van der Waals surface area contributed by atoms with E-state index in [1.54, 1.807) is 59.4 Å². The van der Waals surface area contributed by atoms with Crippen molar-refractivity contribution >= 4 is 38.7 Å². The third kappa shape index (κ3) is 5.60. The number of benzene rings is 1. The predicted molar refractivity (Wildman–Crippen MR) is 103 cm³/mol. The van der Waals surface area contributed by atoms with Crippen LogP contribution in [0.3, 0.4) is 0 Å². The zero-order valence-corrected chi connectivity index (χ0v) is 15.7. The van der Waals surface area contributed by atoms with E-state index >= 15 is 0 Å². The van der Waals surface area contributed by atoms with Crippen molar-refractivity contribution in [2.75, 3.05) is 23.6 Å². The van der Waals surface area contributed by atoms with Gasteiger partial charge >= 0.3 is 0 Å². The van der Waals surface area contributed by atoms with Crippen molar-refractivity contribution in [3.8, 4) is 5.75 Å². The van der Waals surface area contributed by atoms with Crippen LogP contribution in [0.1, 0.15) is 0 Å². The summed E-state index contributed by atoms with van der Waals surface area (Å²) in [5.74, 6) is -0.177. The number of nitrogens with zero attached hydrogens (tertiary/aromatic N) is 2. The van der Waals surface area contributed by atoms with Crippen LogP contribution in [-0.2, 0) is 14.8 Å². The van der Waals surface area contributed by atoms with Crippen molar-refractivity contribution in [2.45, 2.75) is 0 Å². The second kappa shape index (κ2) is 8.28. The highest BCUT2D eigenvalue weighted by molar-refractivity contribution is 7.92. The Hall–Kier alpha value is -2.78. The fraction of sp³-hybridized carbons (Fsp3) is 0.176. The normalized spacial score (nSPS) is 11.3. The molecule has 10 heteroatoms. The van der Waals surface area contributed by atoms with Crippen molar-refractivity contribution in [2.24, 2.45) is 0 Å². The summed E-state index contributed by atoms with van der Waals surface area (Å²) in [4.78, 5) is 11.8. The van der Waals surface area contributed by atoms with Gasteiger partial charge in [0.2, 0.25) is 10.0 Å². The van der Waals surface area contributed by atoms with Gasteiger partial charge in [-0.25, -0.2) is 12.9 Å². The van der Waals surface area contributed by atoms with Gasteiger partial charge in [0, 0.05) is 24.0 Å². The van der Waals surface area contributed by atoms with Gasteiger partial charge in [0.05, 0.1) is 17.0 Å². The topological polar surface area (TPSA) is 102 Å². The molecule has 0 fully saturated rings. The average molecular weight is 409 g/mol. The summed E-state index contributed by atoms with van der Waals surface area (Å²) in [6.45, 7) is -0.250. The van der Waals surface area contributed by atoms with Gasteiger partial charge in [-0.3, -0.25) is 9.52 Å². The molecule has 0 spiro atoms. The predicted octanol–water partition coefficient (Wildman–Crippen LogP) is 1.92. The number of amides is 1. The van der Waals surface area contributed by atoms with E-state index < -0.39 is 15.9 Å². The summed E-state index contributed by atoms with van der Waals surface area (Å²) >= 11 is 5.76. The van der Waals surface area contributed by atoms with Gasteiger partial charge in [-0.2, -0.15) is 5.10 Å². The van der Waals surface area contributed by atoms with Gasteiger partial charge in [-0.05, 0) is 42.5 Å². The first-order valence-corrected chi connectivity index (χ1v) is 10.0. The van der Waals surface area contributed by atoms with Crippen LogP contribution in [0.2, 0.25) is 5.02 Å². The standard InChI is InChI=1S/C17H17ClN4O4S/c18-13-1-3-16(4-2-13)26-12-17(23)19-8-10-27(24,25)21-14-6-9-22-15(11-14)5-7-20-22/h1-7,9,11,21H,8,10,12H2,(H,19,23). The van der Waals surface area contributed by atoms with Gasteiger partial charge in [0.15, 0.2) is 6.61 Å². The number of halogens is 1. The van der Waals surface area contributed by atoms with Crippen molar-refractivity contribution in [3.63, 3.8) is 0 Å². The molecular formula is C17H17ClN4O4S. The Morgan fingerprint density at radius 3 is 2.74 bits per heavy atom. The number of hydrogen-bond acceptors (Lipinski definition) is 5. The average Bonchev–Trinajstić information content (AvgIpc) is 3.08. The van der Waals surface area contributed by atoms with Crippen molar-refractivity contribution in [1.29, 1.82) is 0 Å². The van der Waals surface area contributed by atoms with E-state index in [1.807, 2.05) is 0 Å². The smallest absolute Gasteiger partial charge is 0.257 e. The fourth-order valence-corrected chi connectivity index (χ4v) is 3.36. The largest absolute Gasteiger partial charge is 0.484 e. The van der Waals surface area contributed by atoms with E-state index in [9.17, 15) is 13.2 Å². The van der Waals surface area contributed by atoms with Crippen LogP contribution in [0, 0.1) is 0 Å². The lowest BCUT2D eigenvalue weighted by molar-refractivity contribution is -0.122. The summed E-state index contributed by atoms with van der Waals surface area (Å²) in [6.07, 6.45) is 3.28. The molecule has 0 aliphatic carbocycles. The highest BCUT2D eigenvalue weighted by atomic mass is 35.5. The molecule has 0 radical (unpaired) electrons. The van der Waals surface area contributed by atoms with E-state index in [1.165, 1.54) is 0 Å². The molecule has 2 N–H and O–H groups in total. The molecule has 27 heavy (non-hydrogen) atoms. The number of rotatable bonds is 8. The van der Waals surface area contributed by atoms with Crippen molar-refractivity contribution < 1.29 is 17.9 Å². The maximum Gasteiger partial charge on any atom is 0.257 e. The van der Waals surface area contributed by atoms with Crippen LogP contribution >= 0.6 is 11.6 Å². The molecule has 2 aromatic heterocycles. The van der Waals surface area contributed by atoms with Crippen LogP contribution in [-0.4, -0.2) is 42.8 Å². The Morgan fingerprint density at radius 2 is 1.96 bits per heavy atom. The third-order valence-electron chi connectivity index (χ3n) is 3.55. The van der Waals surface area contributed by atoms with E-state index in [4.69, 9.17) is 16.3 Å². The van der Waals surface area contributed by atoms with Crippen LogP contribution in [0.4, 0.5) is 5.69 Å². The molecule has 142 valence electrons. The van der Waals surface area contributed by atoms with Gasteiger partial charge < -0.3 is 10.1 Å². The molecule has 3 aromatic rings. The number of nitrogens with one attached hydrogen (secondary N) is 2. The molecule has 1 amide bonds. The van der Waals surface area contributed by atoms with E-state index in [0.717, 1.165) is 5.52 Å². The fourth-order valence-electron chi connectivity index (χ4n) is 2.27. The van der Waals surface area contributed by atoms with E-state index in [2.05, 4.69) is 15.1 Å². The van der Waals surface area contributed by atoms with Crippen LogP contribution in [0.5, 0.6) is 5.75 Å². The Kier molecular flexibility index (Phi) is 5.82. The monoisotopic (exact) mass is 408 g/mol. The molecule has 3 rings (SSSR count). The molecular weight excluding hydrogens is 392 g/mol. The number of sulfonamides is 1. The summed E-state index contributed by atoms with van der Waals surface area (Å²) in [5, 5.41) is 7.12. The van der Waals surface area contributed by atoms with Gasteiger partial charge in [0.25, 0.3) is 5.91 Å². The minimum Gasteiger partial charge on any atom is -0.484 e. The number of fused-ring (bicyclic) bond motifs is 1. The molecule has 2 heterocycles. The lowest BCUT2D eigenvalue weighted by Gasteiger charge is -2.10. The molecule has 1 aromatic carbocycles. The third-order valence-corrected chi connectivity index (χ3v) is 5.09. The first-order chi connectivity index (χ1) is 12.9. The zero-order chi connectivity index (χ0) is 19.3. The quantitative estimate of drug-likeness (QED) is 0.593. The zero-order valence-electron chi connectivity index (χ0n) is 14.1. The molecule has 0 saturated heterocycles. The number of hydrogen-bond donors (Lipinski definition) is 2. The van der Waals surface area contributed by atoms with Crippen LogP contribution < -0.4 is 14.8 Å². The van der Waals surface area contributed by atoms with Crippen LogP contribution in [0.15, 0.2) is 54.9 Å². The summed E-state index contributed by atoms with van der Waals surface area (Å²) in [5.41, 5.74) is 1.20. The lowest BCUT2D eigenvalue weighted by atomic mass is 10.3. The maximum atomic E-state index is 12.1. The summed E-state index contributed by atoms with van der Waals surface area (Å²) < 4.78 is 33.7. The first kappa shape index (κ1) is 19.0. The highest BCUT2D eigenvalue weighted by Crippen LogP contribution is 2.15. The second-order valence-electron chi connectivity index (χ2n) is 5.63. The lowest BCUT2D eigenvalue weighted by Crippen LogP contribution is -2.34.